The summed E-state index contributed by atoms with van der Waals surface area (Å²) >= 11 is 0. The van der Waals surface area contributed by atoms with Crippen molar-refractivity contribution in [3.8, 4) is 5.75 Å². The number of benzene rings is 1. The van der Waals surface area contributed by atoms with E-state index in [1.807, 2.05) is 38.2 Å². The van der Waals surface area contributed by atoms with Crippen LogP contribution in [0.4, 0.5) is 0 Å². The third-order valence-electron chi connectivity index (χ3n) is 2.95. The van der Waals surface area contributed by atoms with Gasteiger partial charge in [-0.3, -0.25) is 0 Å². The van der Waals surface area contributed by atoms with Crippen LogP contribution in [0.15, 0.2) is 24.3 Å². The second-order valence-electron chi connectivity index (χ2n) is 4.62. The molecule has 0 fully saturated rings. The molecular formula is C14H23NO3S. The van der Waals surface area contributed by atoms with E-state index < -0.39 is 9.84 Å². The zero-order valence-corrected chi connectivity index (χ0v) is 12.7. The highest BCUT2D eigenvalue weighted by Crippen LogP contribution is 2.21. The Hall–Kier alpha value is -1.07. The topological polar surface area (TPSA) is 55.4 Å². The molecule has 1 atom stereocenters. The Labute approximate surface area is 116 Å². The van der Waals surface area contributed by atoms with Crippen molar-refractivity contribution >= 4 is 9.84 Å². The van der Waals surface area contributed by atoms with Crippen LogP contribution in [0.5, 0.6) is 5.75 Å². The Kier molecular flexibility index (Phi) is 6.31. The molecule has 0 aliphatic rings. The van der Waals surface area contributed by atoms with Crippen LogP contribution in [-0.2, 0) is 9.84 Å². The van der Waals surface area contributed by atoms with Crippen LogP contribution in [0.1, 0.15) is 31.4 Å². The molecule has 1 aromatic carbocycles. The summed E-state index contributed by atoms with van der Waals surface area (Å²) in [5.74, 6) is 1.10. The van der Waals surface area contributed by atoms with Gasteiger partial charge in [-0.1, -0.05) is 12.1 Å². The molecule has 4 nitrogen and oxygen atoms in total. The minimum absolute atomic E-state index is 0.178. The molecule has 0 amide bonds. The Morgan fingerprint density at radius 2 is 1.89 bits per heavy atom. The van der Waals surface area contributed by atoms with Gasteiger partial charge in [-0.15, -0.1) is 0 Å². The molecule has 1 aromatic rings. The van der Waals surface area contributed by atoms with Crippen LogP contribution in [0.2, 0.25) is 0 Å². The second-order valence-corrected chi connectivity index (χ2v) is 6.88. The number of rotatable bonds is 8. The number of sulfone groups is 1. The fraction of sp³-hybridized carbons (Fsp3) is 0.571. The highest BCUT2D eigenvalue weighted by Gasteiger charge is 2.11. The predicted molar refractivity (Wildman–Crippen MR) is 78.4 cm³/mol. The summed E-state index contributed by atoms with van der Waals surface area (Å²) in [7, 11) is -0.982. The lowest BCUT2D eigenvalue weighted by atomic mass is 10.0. The molecule has 1 unspecified atom stereocenters. The fourth-order valence-electron chi connectivity index (χ4n) is 1.99. The van der Waals surface area contributed by atoms with E-state index in [0.29, 0.717) is 13.0 Å². The van der Waals surface area contributed by atoms with Gasteiger partial charge in [0.05, 0.1) is 6.61 Å². The third kappa shape index (κ3) is 6.07. The Morgan fingerprint density at radius 3 is 2.37 bits per heavy atom. The maximum Gasteiger partial charge on any atom is 0.147 e. The normalized spacial score (nSPS) is 13.2. The summed E-state index contributed by atoms with van der Waals surface area (Å²) in [6.07, 6.45) is 2.74. The average Bonchev–Trinajstić information content (AvgIpc) is 2.35. The van der Waals surface area contributed by atoms with E-state index in [1.165, 1.54) is 6.26 Å². The molecular weight excluding hydrogens is 262 g/mol. The van der Waals surface area contributed by atoms with E-state index in [1.54, 1.807) is 0 Å². The van der Waals surface area contributed by atoms with Gasteiger partial charge in [0.25, 0.3) is 0 Å². The molecule has 108 valence electrons. The summed E-state index contributed by atoms with van der Waals surface area (Å²) in [4.78, 5) is 0. The van der Waals surface area contributed by atoms with Crippen molar-refractivity contribution in [2.24, 2.45) is 0 Å². The molecule has 0 radical (unpaired) electrons. The lowest BCUT2D eigenvalue weighted by Crippen LogP contribution is -2.17. The van der Waals surface area contributed by atoms with Gasteiger partial charge in [-0.05, 0) is 44.5 Å². The van der Waals surface area contributed by atoms with Crippen LogP contribution in [0.25, 0.3) is 0 Å². The summed E-state index contributed by atoms with van der Waals surface area (Å²) in [5, 5.41) is 3.22. The van der Waals surface area contributed by atoms with Crippen molar-refractivity contribution in [2.45, 2.75) is 25.8 Å². The van der Waals surface area contributed by atoms with Crippen molar-refractivity contribution in [2.75, 3.05) is 25.7 Å². The molecule has 1 rings (SSSR count). The van der Waals surface area contributed by atoms with Gasteiger partial charge < -0.3 is 10.1 Å². The Balaban J connectivity index is 2.59. The molecule has 0 aromatic heterocycles. The van der Waals surface area contributed by atoms with Crippen molar-refractivity contribution in [1.29, 1.82) is 0 Å². The minimum atomic E-state index is -2.87. The molecule has 0 spiro atoms. The molecule has 0 saturated carbocycles. The first-order valence-corrected chi connectivity index (χ1v) is 8.60. The van der Waals surface area contributed by atoms with Gasteiger partial charge in [0, 0.05) is 18.1 Å². The third-order valence-corrected chi connectivity index (χ3v) is 3.98. The predicted octanol–water partition coefficient (Wildman–Crippen LogP) is 2.17. The quantitative estimate of drug-likeness (QED) is 0.795. The van der Waals surface area contributed by atoms with Crippen LogP contribution in [-0.4, -0.2) is 34.1 Å². The van der Waals surface area contributed by atoms with Crippen molar-refractivity contribution in [1.82, 2.24) is 5.32 Å². The van der Waals surface area contributed by atoms with E-state index in [4.69, 9.17) is 4.74 Å². The number of nitrogens with one attached hydrogen (secondary N) is 1. The average molecular weight is 285 g/mol. The van der Waals surface area contributed by atoms with Crippen molar-refractivity contribution in [3.05, 3.63) is 29.8 Å². The van der Waals surface area contributed by atoms with E-state index in [2.05, 4.69) is 5.32 Å². The zero-order chi connectivity index (χ0) is 14.3. The highest BCUT2D eigenvalue weighted by atomic mass is 32.2. The Morgan fingerprint density at radius 1 is 1.26 bits per heavy atom. The first-order valence-electron chi connectivity index (χ1n) is 6.54. The molecule has 0 bridgehead atoms. The summed E-state index contributed by atoms with van der Waals surface area (Å²) in [6.45, 7) is 2.61. The number of hydrogen-bond donors (Lipinski definition) is 1. The van der Waals surface area contributed by atoms with E-state index in [9.17, 15) is 8.42 Å². The monoisotopic (exact) mass is 285 g/mol. The highest BCUT2D eigenvalue weighted by molar-refractivity contribution is 7.90. The largest absolute Gasteiger partial charge is 0.494 e. The maximum atomic E-state index is 11.1. The molecule has 5 heteroatoms. The standard InChI is InChI=1S/C14H23NO3S/c1-4-18-13-9-7-12(8-10-13)14(15-2)6-5-11-19(3,16)17/h7-10,14-15H,4-6,11H2,1-3H3. The van der Waals surface area contributed by atoms with Crippen molar-refractivity contribution < 1.29 is 13.2 Å². The molecule has 0 heterocycles. The van der Waals surface area contributed by atoms with E-state index in [-0.39, 0.29) is 11.8 Å². The number of ether oxygens (including phenoxy) is 1. The van der Waals surface area contributed by atoms with Crippen LogP contribution in [0.3, 0.4) is 0 Å². The maximum absolute atomic E-state index is 11.1. The minimum Gasteiger partial charge on any atom is -0.494 e. The van der Waals surface area contributed by atoms with Gasteiger partial charge in [-0.25, -0.2) is 8.42 Å². The summed E-state index contributed by atoms with van der Waals surface area (Å²) < 4.78 is 27.6. The SMILES string of the molecule is CCOc1ccc(C(CCCS(C)(=O)=O)NC)cc1. The van der Waals surface area contributed by atoms with E-state index in [0.717, 1.165) is 17.7 Å². The summed E-state index contributed by atoms with van der Waals surface area (Å²) in [6, 6.07) is 8.11. The van der Waals surface area contributed by atoms with Gasteiger partial charge in [-0.2, -0.15) is 0 Å². The first kappa shape index (κ1) is 16.0. The van der Waals surface area contributed by atoms with Crippen LogP contribution >= 0.6 is 0 Å². The van der Waals surface area contributed by atoms with E-state index >= 15 is 0 Å². The smallest absolute Gasteiger partial charge is 0.147 e. The first-order chi connectivity index (χ1) is 8.96. The lowest BCUT2D eigenvalue weighted by Gasteiger charge is -2.16. The van der Waals surface area contributed by atoms with Gasteiger partial charge in [0.1, 0.15) is 15.6 Å². The second kappa shape index (κ2) is 7.50. The molecule has 19 heavy (non-hydrogen) atoms. The van der Waals surface area contributed by atoms with Gasteiger partial charge in [0.2, 0.25) is 0 Å². The molecule has 1 N–H and O–H groups in total. The van der Waals surface area contributed by atoms with Crippen molar-refractivity contribution in [3.63, 3.8) is 0 Å². The van der Waals surface area contributed by atoms with Gasteiger partial charge in [0.15, 0.2) is 0 Å². The fourth-order valence-corrected chi connectivity index (χ4v) is 2.68. The number of hydrogen-bond acceptors (Lipinski definition) is 4. The van der Waals surface area contributed by atoms with Crippen LogP contribution in [0, 0.1) is 0 Å². The molecule has 0 aliphatic heterocycles. The van der Waals surface area contributed by atoms with Crippen LogP contribution < -0.4 is 10.1 Å². The summed E-state index contributed by atoms with van der Waals surface area (Å²) in [5.41, 5.74) is 1.15. The van der Waals surface area contributed by atoms with Gasteiger partial charge >= 0.3 is 0 Å². The zero-order valence-electron chi connectivity index (χ0n) is 11.8. The lowest BCUT2D eigenvalue weighted by molar-refractivity contribution is 0.340. The molecule has 0 saturated heterocycles. The Bertz CT molecular complexity index is 468. The molecule has 0 aliphatic carbocycles.